The zero-order chi connectivity index (χ0) is 15.7. The molecule has 1 aliphatic heterocycles. The molecule has 0 fully saturated rings. The van der Waals surface area contributed by atoms with Gasteiger partial charge in [0.25, 0.3) is 0 Å². The second-order valence-electron chi connectivity index (χ2n) is 5.33. The maximum Gasteiger partial charge on any atom is 0.148 e. The Morgan fingerprint density at radius 1 is 1.27 bits per heavy atom. The quantitative estimate of drug-likeness (QED) is 0.917. The van der Waals surface area contributed by atoms with Crippen LogP contribution in [0.25, 0.3) is 0 Å². The monoisotopic (exact) mass is 354 g/mol. The molecule has 2 heterocycles. The molecule has 3 rings (SSSR count). The van der Waals surface area contributed by atoms with Gasteiger partial charge in [0.15, 0.2) is 0 Å². The Hall–Kier alpha value is -1.37. The van der Waals surface area contributed by atoms with Crippen molar-refractivity contribution in [1.82, 2.24) is 5.43 Å². The Morgan fingerprint density at radius 3 is 2.59 bits per heavy atom. The highest BCUT2D eigenvalue weighted by atomic mass is 35.5. The molecule has 4 nitrogen and oxygen atoms in total. The predicted octanol–water partition coefficient (Wildman–Crippen LogP) is 3.11. The van der Waals surface area contributed by atoms with Crippen LogP contribution in [0.4, 0.5) is 0 Å². The van der Waals surface area contributed by atoms with Crippen molar-refractivity contribution < 1.29 is 8.42 Å². The number of rotatable bonds is 4. The van der Waals surface area contributed by atoms with E-state index in [2.05, 4.69) is 10.5 Å². The minimum absolute atomic E-state index is 0.0596. The van der Waals surface area contributed by atoms with Crippen LogP contribution in [-0.4, -0.2) is 26.1 Å². The average Bonchev–Trinajstić information content (AvgIpc) is 3.07. The molecule has 22 heavy (non-hydrogen) atoms. The van der Waals surface area contributed by atoms with Crippen molar-refractivity contribution in [1.29, 1.82) is 0 Å². The van der Waals surface area contributed by atoms with E-state index in [0.29, 0.717) is 5.02 Å². The fraction of sp³-hybridized carbons (Fsp3) is 0.267. The van der Waals surface area contributed by atoms with E-state index < -0.39 is 9.84 Å². The van der Waals surface area contributed by atoms with Gasteiger partial charge < -0.3 is 5.43 Å². The van der Waals surface area contributed by atoms with Crippen LogP contribution in [0.1, 0.15) is 16.5 Å². The van der Waals surface area contributed by atoms with Crippen LogP contribution >= 0.6 is 22.9 Å². The zero-order valence-electron chi connectivity index (χ0n) is 11.9. The number of nitrogens with zero attached hydrogens (tertiary/aromatic N) is 1. The van der Waals surface area contributed by atoms with E-state index >= 15 is 0 Å². The molecule has 0 amide bonds. The highest BCUT2D eigenvalue weighted by Crippen LogP contribution is 2.33. The SMILES string of the molecule is CS(=O)(=O)CC1C(c2cccs2)=NNC1c1ccc(Cl)cc1. The normalized spacial score (nSPS) is 21.5. The molecule has 1 N–H and O–H groups in total. The van der Waals surface area contributed by atoms with Crippen LogP contribution in [0.2, 0.25) is 5.02 Å². The molecule has 1 aromatic heterocycles. The molecule has 1 aliphatic rings. The molecule has 0 radical (unpaired) electrons. The second kappa shape index (κ2) is 6.02. The van der Waals surface area contributed by atoms with Gasteiger partial charge >= 0.3 is 0 Å². The molecule has 0 bridgehead atoms. The summed E-state index contributed by atoms with van der Waals surface area (Å²) in [5.74, 6) is -0.154. The molecule has 2 aromatic rings. The van der Waals surface area contributed by atoms with Gasteiger partial charge in [0.1, 0.15) is 9.84 Å². The van der Waals surface area contributed by atoms with Crippen molar-refractivity contribution in [2.24, 2.45) is 11.0 Å². The molecule has 2 unspecified atom stereocenters. The summed E-state index contributed by atoms with van der Waals surface area (Å²) in [7, 11) is -3.12. The van der Waals surface area contributed by atoms with Crippen molar-refractivity contribution in [2.45, 2.75) is 6.04 Å². The molecule has 0 aliphatic carbocycles. The van der Waals surface area contributed by atoms with Gasteiger partial charge in [0.2, 0.25) is 0 Å². The van der Waals surface area contributed by atoms with Gasteiger partial charge in [-0.1, -0.05) is 29.8 Å². The summed E-state index contributed by atoms with van der Waals surface area (Å²) < 4.78 is 23.7. The fourth-order valence-electron chi connectivity index (χ4n) is 2.61. The summed E-state index contributed by atoms with van der Waals surface area (Å²) in [6, 6.07) is 11.2. The second-order valence-corrected chi connectivity index (χ2v) is 8.90. The average molecular weight is 355 g/mol. The van der Waals surface area contributed by atoms with E-state index in [1.54, 1.807) is 23.5 Å². The van der Waals surface area contributed by atoms with Crippen molar-refractivity contribution in [3.8, 4) is 0 Å². The van der Waals surface area contributed by atoms with Crippen LogP contribution in [0, 0.1) is 5.92 Å². The summed E-state index contributed by atoms with van der Waals surface area (Å²) in [5.41, 5.74) is 4.88. The lowest BCUT2D eigenvalue weighted by Crippen LogP contribution is -2.28. The Balaban J connectivity index is 1.96. The molecule has 0 saturated heterocycles. The largest absolute Gasteiger partial charge is 0.302 e. The van der Waals surface area contributed by atoms with Gasteiger partial charge in [-0.05, 0) is 29.1 Å². The van der Waals surface area contributed by atoms with E-state index in [0.717, 1.165) is 16.2 Å². The molecular weight excluding hydrogens is 340 g/mol. The number of hydrogen-bond acceptors (Lipinski definition) is 5. The first kappa shape index (κ1) is 15.5. The first-order chi connectivity index (χ1) is 10.4. The van der Waals surface area contributed by atoms with Crippen molar-refractivity contribution in [3.05, 3.63) is 57.2 Å². The summed E-state index contributed by atoms with van der Waals surface area (Å²) >= 11 is 7.49. The number of hydrogen-bond donors (Lipinski definition) is 1. The van der Waals surface area contributed by atoms with Crippen LogP contribution in [0.15, 0.2) is 46.9 Å². The maximum atomic E-state index is 11.8. The number of nitrogens with one attached hydrogen (secondary N) is 1. The molecule has 7 heteroatoms. The minimum Gasteiger partial charge on any atom is -0.302 e. The first-order valence-electron chi connectivity index (χ1n) is 6.74. The van der Waals surface area contributed by atoms with Gasteiger partial charge in [-0.3, -0.25) is 0 Å². The number of thiophene rings is 1. The van der Waals surface area contributed by atoms with Gasteiger partial charge in [-0.25, -0.2) is 8.42 Å². The Kier molecular flexibility index (Phi) is 4.25. The number of sulfone groups is 1. The van der Waals surface area contributed by atoms with Crippen molar-refractivity contribution in [3.63, 3.8) is 0 Å². The van der Waals surface area contributed by atoms with Gasteiger partial charge in [0, 0.05) is 17.2 Å². The molecule has 1 aromatic carbocycles. The summed E-state index contributed by atoms with van der Waals surface area (Å²) in [6.45, 7) is 0. The van der Waals surface area contributed by atoms with Gasteiger partial charge in [0.05, 0.1) is 22.4 Å². The van der Waals surface area contributed by atoms with E-state index in [1.807, 2.05) is 29.6 Å². The van der Waals surface area contributed by atoms with Gasteiger partial charge in [-0.15, -0.1) is 11.3 Å². The molecule has 0 saturated carbocycles. The first-order valence-corrected chi connectivity index (χ1v) is 10.1. The standard InChI is InChI=1S/C15H15ClN2O2S2/c1-22(19,20)9-12-14(10-4-6-11(16)7-5-10)17-18-15(12)13-3-2-8-21-13/h2-8,12,14,17H,9H2,1H3. The molecule has 0 spiro atoms. The lowest BCUT2D eigenvalue weighted by Gasteiger charge is -2.20. The topological polar surface area (TPSA) is 58.5 Å². The summed E-state index contributed by atoms with van der Waals surface area (Å²) in [4.78, 5) is 0.998. The Labute approximate surface area is 138 Å². The van der Waals surface area contributed by atoms with E-state index in [-0.39, 0.29) is 17.7 Å². The van der Waals surface area contributed by atoms with E-state index in [4.69, 9.17) is 11.6 Å². The number of benzene rings is 1. The summed E-state index contributed by atoms with van der Waals surface area (Å²) in [5, 5.41) is 7.02. The number of halogens is 1. The van der Waals surface area contributed by atoms with Crippen molar-refractivity contribution in [2.75, 3.05) is 12.0 Å². The Morgan fingerprint density at radius 2 is 2.00 bits per heavy atom. The van der Waals surface area contributed by atoms with Gasteiger partial charge in [-0.2, -0.15) is 5.10 Å². The minimum atomic E-state index is -3.12. The van der Waals surface area contributed by atoms with Crippen LogP contribution in [0.5, 0.6) is 0 Å². The Bertz CT molecular complexity index is 783. The lowest BCUT2D eigenvalue weighted by molar-refractivity contribution is 0.517. The van der Waals surface area contributed by atoms with E-state index in [1.165, 1.54) is 6.26 Å². The van der Waals surface area contributed by atoms with Crippen molar-refractivity contribution >= 4 is 38.5 Å². The highest BCUT2D eigenvalue weighted by Gasteiger charge is 2.36. The third-order valence-electron chi connectivity index (χ3n) is 3.56. The van der Waals surface area contributed by atoms with E-state index in [9.17, 15) is 8.42 Å². The zero-order valence-corrected chi connectivity index (χ0v) is 14.3. The molecule has 2 atom stereocenters. The molecular formula is C15H15ClN2O2S2. The van der Waals surface area contributed by atoms with Crippen LogP contribution in [-0.2, 0) is 9.84 Å². The third-order valence-corrected chi connectivity index (χ3v) is 5.67. The lowest BCUT2D eigenvalue weighted by atomic mass is 9.91. The third kappa shape index (κ3) is 3.34. The maximum absolute atomic E-state index is 11.8. The van der Waals surface area contributed by atoms with Crippen LogP contribution < -0.4 is 5.43 Å². The fourth-order valence-corrected chi connectivity index (χ4v) is 4.52. The highest BCUT2D eigenvalue weighted by molar-refractivity contribution is 7.90. The summed E-state index contributed by atoms with van der Waals surface area (Å²) in [6.07, 6.45) is 1.26. The smallest absolute Gasteiger partial charge is 0.148 e. The predicted molar refractivity (Wildman–Crippen MR) is 91.4 cm³/mol. The number of hydrazone groups is 1. The van der Waals surface area contributed by atoms with Crippen LogP contribution in [0.3, 0.4) is 0 Å². The molecule has 116 valence electrons.